The molecule has 3 heteroatoms. The van der Waals surface area contributed by atoms with Gasteiger partial charge < -0.3 is 10.1 Å². The monoisotopic (exact) mass is 280 g/mol. The van der Waals surface area contributed by atoms with Crippen LogP contribution >= 0.6 is 0 Å². The third kappa shape index (κ3) is 3.37. The minimum atomic E-state index is 0.448. The first kappa shape index (κ1) is 14.8. The molecule has 1 saturated carbocycles. The average Bonchev–Trinajstić information content (AvgIpc) is 2.48. The molecule has 0 spiro atoms. The molecule has 3 nitrogen and oxygen atoms in total. The maximum atomic E-state index is 5.73. The maximum Gasteiger partial charge on any atom is 0.0561 e. The normalized spacial score (nSPS) is 41.7. The van der Waals surface area contributed by atoms with Gasteiger partial charge in [0.2, 0.25) is 0 Å². The summed E-state index contributed by atoms with van der Waals surface area (Å²) < 4.78 is 5.73. The van der Waals surface area contributed by atoms with E-state index in [0.29, 0.717) is 12.1 Å². The Morgan fingerprint density at radius 1 is 1.05 bits per heavy atom. The molecular weight excluding hydrogens is 248 g/mol. The molecule has 0 aromatic heterocycles. The molecule has 2 heterocycles. The van der Waals surface area contributed by atoms with Crippen LogP contribution in [0.3, 0.4) is 0 Å². The molecule has 0 radical (unpaired) electrons. The lowest BCUT2D eigenvalue weighted by Gasteiger charge is -2.47. The molecule has 0 amide bonds. The molecule has 1 aliphatic carbocycles. The van der Waals surface area contributed by atoms with E-state index in [1.165, 1.54) is 58.0 Å². The predicted molar refractivity (Wildman–Crippen MR) is 83.0 cm³/mol. The first-order valence-electron chi connectivity index (χ1n) is 8.85. The van der Waals surface area contributed by atoms with Crippen LogP contribution in [-0.4, -0.2) is 48.8 Å². The topological polar surface area (TPSA) is 24.5 Å². The van der Waals surface area contributed by atoms with Gasteiger partial charge in [-0.3, -0.25) is 4.90 Å². The molecule has 2 saturated heterocycles. The van der Waals surface area contributed by atoms with Crippen molar-refractivity contribution in [3.05, 3.63) is 0 Å². The molecule has 0 bridgehead atoms. The zero-order valence-corrected chi connectivity index (χ0v) is 13.3. The highest BCUT2D eigenvalue weighted by Gasteiger charge is 2.35. The standard InChI is InChI=1S/C17H32N2O/c1-13-11-18-17(15-6-4-3-5-7-15)12-19(13)16-8-9-20-14(2)10-16/h13-18H,3-12H2,1-2H3. The Kier molecular flexibility index (Phi) is 5.00. The Bertz CT molecular complexity index is 303. The van der Waals surface area contributed by atoms with Crippen LogP contribution in [0.4, 0.5) is 0 Å². The maximum absolute atomic E-state index is 5.73. The lowest BCUT2D eigenvalue weighted by atomic mass is 9.82. The zero-order valence-electron chi connectivity index (χ0n) is 13.3. The summed E-state index contributed by atoms with van der Waals surface area (Å²) >= 11 is 0. The Morgan fingerprint density at radius 3 is 2.60 bits per heavy atom. The lowest BCUT2D eigenvalue weighted by Crippen LogP contribution is -2.61. The van der Waals surface area contributed by atoms with Gasteiger partial charge in [0.25, 0.3) is 0 Å². The molecule has 1 N–H and O–H groups in total. The predicted octanol–water partition coefficient (Wildman–Crippen LogP) is 2.80. The Hall–Kier alpha value is -0.120. The van der Waals surface area contributed by atoms with Crippen molar-refractivity contribution in [2.75, 3.05) is 19.7 Å². The molecule has 3 rings (SSSR count). The fourth-order valence-electron chi connectivity index (χ4n) is 4.55. The van der Waals surface area contributed by atoms with Gasteiger partial charge in [0.15, 0.2) is 0 Å². The van der Waals surface area contributed by atoms with E-state index in [1.54, 1.807) is 0 Å². The number of rotatable bonds is 2. The van der Waals surface area contributed by atoms with Crippen molar-refractivity contribution in [3.63, 3.8) is 0 Å². The molecule has 3 aliphatic rings. The van der Waals surface area contributed by atoms with E-state index in [2.05, 4.69) is 24.1 Å². The average molecular weight is 280 g/mol. The summed E-state index contributed by atoms with van der Waals surface area (Å²) in [5, 5.41) is 3.85. The second-order valence-corrected chi connectivity index (χ2v) is 7.32. The van der Waals surface area contributed by atoms with Crippen molar-refractivity contribution in [2.24, 2.45) is 5.92 Å². The fourth-order valence-corrected chi connectivity index (χ4v) is 4.55. The van der Waals surface area contributed by atoms with Crippen molar-refractivity contribution in [1.29, 1.82) is 0 Å². The molecule has 0 aromatic rings. The molecule has 0 aromatic carbocycles. The molecule has 116 valence electrons. The van der Waals surface area contributed by atoms with Crippen LogP contribution in [0, 0.1) is 5.92 Å². The van der Waals surface area contributed by atoms with Crippen LogP contribution in [0.2, 0.25) is 0 Å². The number of nitrogens with zero attached hydrogens (tertiary/aromatic N) is 1. The summed E-state index contributed by atoms with van der Waals surface area (Å²) in [5.74, 6) is 0.927. The number of hydrogen-bond acceptors (Lipinski definition) is 3. The van der Waals surface area contributed by atoms with Gasteiger partial charge in [0.1, 0.15) is 0 Å². The fraction of sp³-hybridized carbons (Fsp3) is 1.00. The Balaban J connectivity index is 1.60. The van der Waals surface area contributed by atoms with E-state index < -0.39 is 0 Å². The van der Waals surface area contributed by atoms with E-state index in [1.807, 2.05) is 0 Å². The van der Waals surface area contributed by atoms with Gasteiger partial charge in [-0.25, -0.2) is 0 Å². The highest BCUT2D eigenvalue weighted by molar-refractivity contribution is 4.92. The second kappa shape index (κ2) is 6.76. The minimum Gasteiger partial charge on any atom is -0.378 e. The van der Waals surface area contributed by atoms with Crippen LogP contribution in [0.1, 0.15) is 58.8 Å². The van der Waals surface area contributed by atoms with Gasteiger partial charge in [0, 0.05) is 37.8 Å². The van der Waals surface area contributed by atoms with E-state index >= 15 is 0 Å². The van der Waals surface area contributed by atoms with Crippen molar-refractivity contribution >= 4 is 0 Å². The van der Waals surface area contributed by atoms with Crippen molar-refractivity contribution in [1.82, 2.24) is 10.2 Å². The number of piperazine rings is 1. The molecule has 3 fully saturated rings. The number of ether oxygens (including phenoxy) is 1. The smallest absolute Gasteiger partial charge is 0.0561 e. The SMILES string of the molecule is CC1CC(N2CC(C3CCCCC3)NCC2C)CCO1. The minimum absolute atomic E-state index is 0.448. The molecule has 20 heavy (non-hydrogen) atoms. The van der Waals surface area contributed by atoms with Crippen molar-refractivity contribution in [2.45, 2.75) is 83.0 Å². The first-order chi connectivity index (χ1) is 9.74. The zero-order chi connectivity index (χ0) is 13.9. The summed E-state index contributed by atoms with van der Waals surface area (Å²) in [6.07, 6.45) is 10.2. The van der Waals surface area contributed by atoms with Gasteiger partial charge in [-0.1, -0.05) is 19.3 Å². The lowest BCUT2D eigenvalue weighted by molar-refractivity contribution is -0.0391. The summed E-state index contributed by atoms with van der Waals surface area (Å²) in [6, 6.07) is 2.18. The van der Waals surface area contributed by atoms with Crippen LogP contribution in [-0.2, 0) is 4.74 Å². The summed E-state index contributed by atoms with van der Waals surface area (Å²) in [7, 11) is 0. The molecular formula is C17H32N2O. The summed E-state index contributed by atoms with van der Waals surface area (Å²) in [6.45, 7) is 8.02. The molecule has 4 unspecified atom stereocenters. The van der Waals surface area contributed by atoms with Gasteiger partial charge in [-0.2, -0.15) is 0 Å². The Labute approximate surface area is 124 Å². The highest BCUT2D eigenvalue weighted by atomic mass is 16.5. The van der Waals surface area contributed by atoms with E-state index in [0.717, 1.165) is 24.6 Å². The van der Waals surface area contributed by atoms with Gasteiger partial charge in [0.05, 0.1) is 6.10 Å². The second-order valence-electron chi connectivity index (χ2n) is 7.32. The van der Waals surface area contributed by atoms with Gasteiger partial charge in [-0.05, 0) is 45.4 Å². The van der Waals surface area contributed by atoms with Crippen LogP contribution in [0.15, 0.2) is 0 Å². The van der Waals surface area contributed by atoms with Crippen LogP contribution < -0.4 is 5.32 Å². The first-order valence-corrected chi connectivity index (χ1v) is 8.85. The quantitative estimate of drug-likeness (QED) is 0.842. The largest absolute Gasteiger partial charge is 0.378 e. The molecule has 2 aliphatic heterocycles. The third-order valence-electron chi connectivity index (χ3n) is 5.79. The summed E-state index contributed by atoms with van der Waals surface area (Å²) in [5.41, 5.74) is 0. The van der Waals surface area contributed by atoms with Gasteiger partial charge in [-0.15, -0.1) is 0 Å². The van der Waals surface area contributed by atoms with E-state index in [-0.39, 0.29) is 0 Å². The highest BCUT2D eigenvalue weighted by Crippen LogP contribution is 2.30. The van der Waals surface area contributed by atoms with Gasteiger partial charge >= 0.3 is 0 Å². The third-order valence-corrected chi connectivity index (χ3v) is 5.79. The Morgan fingerprint density at radius 2 is 1.85 bits per heavy atom. The number of hydrogen-bond donors (Lipinski definition) is 1. The van der Waals surface area contributed by atoms with Crippen molar-refractivity contribution in [3.8, 4) is 0 Å². The van der Waals surface area contributed by atoms with Crippen LogP contribution in [0.5, 0.6) is 0 Å². The molecule has 4 atom stereocenters. The summed E-state index contributed by atoms with van der Waals surface area (Å²) in [4.78, 5) is 2.80. The van der Waals surface area contributed by atoms with E-state index in [9.17, 15) is 0 Å². The van der Waals surface area contributed by atoms with E-state index in [4.69, 9.17) is 4.74 Å². The van der Waals surface area contributed by atoms with Crippen molar-refractivity contribution < 1.29 is 4.74 Å². The number of nitrogens with one attached hydrogen (secondary N) is 1. The van der Waals surface area contributed by atoms with Crippen LogP contribution in [0.25, 0.3) is 0 Å².